The van der Waals surface area contributed by atoms with E-state index in [1.165, 1.54) is 23.3 Å². The molecule has 1 nitrogen and oxygen atoms in total. The van der Waals surface area contributed by atoms with Gasteiger partial charge in [0.25, 0.3) is 0 Å². The number of aromatic nitrogens is 1. The molecule has 0 aliphatic rings. The molecule has 72 valence electrons. The van der Waals surface area contributed by atoms with Crippen LogP contribution >= 0.6 is 11.8 Å². The fourth-order valence-electron chi connectivity index (χ4n) is 1.20. The minimum absolute atomic E-state index is 1.10. The summed E-state index contributed by atoms with van der Waals surface area (Å²) in [6, 6.07) is 2.15. The molecular formula is C11H17NS. The van der Waals surface area contributed by atoms with E-state index in [1.807, 2.05) is 24.9 Å². The molecular weight excluding hydrogens is 178 g/mol. The Morgan fingerprint density at radius 3 is 2.77 bits per heavy atom. The van der Waals surface area contributed by atoms with Crippen LogP contribution in [0.5, 0.6) is 0 Å². The maximum Gasteiger partial charge on any atom is 0.0375 e. The van der Waals surface area contributed by atoms with E-state index in [-0.39, 0.29) is 0 Å². The van der Waals surface area contributed by atoms with E-state index in [0.29, 0.717) is 0 Å². The largest absolute Gasteiger partial charge is 0.261 e. The molecule has 1 aromatic rings. The Kier molecular flexibility index (Phi) is 4.29. The minimum atomic E-state index is 1.10. The van der Waals surface area contributed by atoms with Crippen molar-refractivity contribution in [3.05, 3.63) is 29.1 Å². The Morgan fingerprint density at radius 1 is 1.38 bits per heavy atom. The number of pyridine rings is 1. The van der Waals surface area contributed by atoms with E-state index in [2.05, 4.69) is 24.9 Å². The van der Waals surface area contributed by atoms with Crippen molar-refractivity contribution in [2.75, 3.05) is 5.75 Å². The monoisotopic (exact) mass is 195 g/mol. The maximum atomic E-state index is 4.31. The van der Waals surface area contributed by atoms with Gasteiger partial charge in [0.15, 0.2) is 0 Å². The van der Waals surface area contributed by atoms with E-state index < -0.39 is 0 Å². The summed E-state index contributed by atoms with van der Waals surface area (Å²) in [5.41, 5.74) is 3.86. The minimum Gasteiger partial charge on any atom is -0.261 e. The lowest BCUT2D eigenvalue weighted by Crippen LogP contribution is -1.91. The third-order valence-electron chi connectivity index (χ3n) is 1.96. The molecule has 0 radical (unpaired) electrons. The Labute approximate surface area is 85.0 Å². The SMILES string of the molecule is CCCSCc1cnc(C)cc1C. The van der Waals surface area contributed by atoms with Crippen molar-refractivity contribution >= 4 is 11.8 Å². The van der Waals surface area contributed by atoms with Gasteiger partial charge in [0.05, 0.1) is 0 Å². The number of hydrogen-bond acceptors (Lipinski definition) is 2. The molecule has 1 rings (SSSR count). The third kappa shape index (κ3) is 3.39. The average molecular weight is 195 g/mol. The van der Waals surface area contributed by atoms with Crippen molar-refractivity contribution in [1.82, 2.24) is 4.98 Å². The highest BCUT2D eigenvalue weighted by molar-refractivity contribution is 7.98. The molecule has 0 atom stereocenters. The van der Waals surface area contributed by atoms with Gasteiger partial charge in [-0.1, -0.05) is 6.92 Å². The third-order valence-corrected chi connectivity index (χ3v) is 3.17. The molecule has 0 bridgehead atoms. The molecule has 0 saturated heterocycles. The number of nitrogens with zero attached hydrogens (tertiary/aromatic N) is 1. The van der Waals surface area contributed by atoms with Gasteiger partial charge in [0, 0.05) is 17.6 Å². The second kappa shape index (κ2) is 5.28. The summed E-state index contributed by atoms with van der Waals surface area (Å²) in [6.45, 7) is 6.42. The Bertz CT molecular complexity index is 271. The summed E-state index contributed by atoms with van der Waals surface area (Å²) < 4.78 is 0. The molecule has 0 aliphatic carbocycles. The van der Waals surface area contributed by atoms with Gasteiger partial charge < -0.3 is 0 Å². The van der Waals surface area contributed by atoms with Crippen LogP contribution in [0.25, 0.3) is 0 Å². The van der Waals surface area contributed by atoms with Crippen molar-refractivity contribution in [3.8, 4) is 0 Å². The van der Waals surface area contributed by atoms with Crippen LogP contribution in [0.1, 0.15) is 30.2 Å². The predicted octanol–water partition coefficient (Wildman–Crippen LogP) is 3.34. The molecule has 13 heavy (non-hydrogen) atoms. The van der Waals surface area contributed by atoms with Crippen molar-refractivity contribution in [3.63, 3.8) is 0 Å². The predicted molar refractivity (Wildman–Crippen MR) is 60.2 cm³/mol. The normalized spacial score (nSPS) is 10.4. The van der Waals surface area contributed by atoms with Crippen molar-refractivity contribution in [1.29, 1.82) is 0 Å². The van der Waals surface area contributed by atoms with Gasteiger partial charge in [-0.25, -0.2) is 0 Å². The molecule has 0 amide bonds. The first-order valence-corrected chi connectivity index (χ1v) is 5.89. The molecule has 2 heteroatoms. The number of thioether (sulfide) groups is 1. The van der Waals surface area contributed by atoms with Gasteiger partial charge in [0.2, 0.25) is 0 Å². The molecule has 0 unspecified atom stereocenters. The molecule has 0 spiro atoms. The van der Waals surface area contributed by atoms with Crippen LogP contribution in [0.4, 0.5) is 0 Å². The zero-order valence-corrected chi connectivity index (χ0v) is 9.45. The van der Waals surface area contributed by atoms with Gasteiger partial charge >= 0.3 is 0 Å². The smallest absolute Gasteiger partial charge is 0.0375 e. The number of aryl methyl sites for hydroxylation is 2. The second-order valence-electron chi connectivity index (χ2n) is 3.30. The summed E-state index contributed by atoms with van der Waals surface area (Å²) in [4.78, 5) is 4.31. The highest BCUT2D eigenvalue weighted by atomic mass is 32.2. The summed E-state index contributed by atoms with van der Waals surface area (Å²) >= 11 is 1.99. The fraction of sp³-hybridized carbons (Fsp3) is 0.545. The van der Waals surface area contributed by atoms with Crippen LogP contribution in [-0.2, 0) is 5.75 Å². The summed E-state index contributed by atoms with van der Waals surface area (Å²) in [5, 5.41) is 0. The van der Waals surface area contributed by atoms with Gasteiger partial charge in [-0.3, -0.25) is 4.98 Å². The van der Waals surface area contributed by atoms with Crippen LogP contribution < -0.4 is 0 Å². The molecule has 1 heterocycles. The van der Waals surface area contributed by atoms with E-state index in [1.54, 1.807) is 0 Å². The summed E-state index contributed by atoms with van der Waals surface area (Å²) in [6.07, 6.45) is 3.26. The van der Waals surface area contributed by atoms with Crippen molar-refractivity contribution in [2.45, 2.75) is 32.9 Å². The first kappa shape index (κ1) is 10.6. The molecule has 0 aliphatic heterocycles. The van der Waals surface area contributed by atoms with Gasteiger partial charge in [-0.2, -0.15) is 11.8 Å². The van der Waals surface area contributed by atoms with Crippen LogP contribution in [0.15, 0.2) is 12.3 Å². The zero-order valence-electron chi connectivity index (χ0n) is 8.63. The van der Waals surface area contributed by atoms with Crippen LogP contribution in [-0.4, -0.2) is 10.7 Å². The van der Waals surface area contributed by atoms with E-state index in [0.717, 1.165) is 11.4 Å². The summed E-state index contributed by atoms with van der Waals surface area (Å²) in [5.74, 6) is 2.35. The lowest BCUT2D eigenvalue weighted by Gasteiger charge is -2.04. The van der Waals surface area contributed by atoms with Crippen molar-refractivity contribution in [2.24, 2.45) is 0 Å². The van der Waals surface area contributed by atoms with E-state index in [4.69, 9.17) is 0 Å². The van der Waals surface area contributed by atoms with Gasteiger partial charge in [-0.05, 0) is 43.2 Å². The lowest BCUT2D eigenvalue weighted by molar-refractivity contribution is 1.10. The lowest BCUT2D eigenvalue weighted by atomic mass is 10.1. The molecule has 1 aromatic heterocycles. The molecule has 0 aromatic carbocycles. The zero-order chi connectivity index (χ0) is 9.68. The van der Waals surface area contributed by atoms with Gasteiger partial charge in [-0.15, -0.1) is 0 Å². The highest BCUT2D eigenvalue weighted by Crippen LogP contribution is 2.16. The van der Waals surface area contributed by atoms with Crippen LogP contribution in [0.2, 0.25) is 0 Å². The Morgan fingerprint density at radius 2 is 2.15 bits per heavy atom. The fourth-order valence-corrected chi connectivity index (χ4v) is 2.16. The van der Waals surface area contributed by atoms with Gasteiger partial charge in [0.1, 0.15) is 0 Å². The first-order valence-electron chi connectivity index (χ1n) is 4.74. The summed E-state index contributed by atoms with van der Waals surface area (Å²) in [7, 11) is 0. The van der Waals surface area contributed by atoms with Crippen LogP contribution in [0, 0.1) is 13.8 Å². The second-order valence-corrected chi connectivity index (χ2v) is 4.41. The average Bonchev–Trinajstić information content (AvgIpc) is 2.09. The Balaban J connectivity index is 2.56. The molecule has 0 fully saturated rings. The number of rotatable bonds is 4. The first-order chi connectivity index (χ1) is 6.24. The quantitative estimate of drug-likeness (QED) is 0.683. The van der Waals surface area contributed by atoms with Crippen LogP contribution in [0.3, 0.4) is 0 Å². The van der Waals surface area contributed by atoms with E-state index in [9.17, 15) is 0 Å². The van der Waals surface area contributed by atoms with E-state index >= 15 is 0 Å². The topological polar surface area (TPSA) is 12.9 Å². The van der Waals surface area contributed by atoms with Crippen molar-refractivity contribution < 1.29 is 0 Å². The standard InChI is InChI=1S/C11H17NS/c1-4-5-13-8-11-7-12-10(3)6-9(11)2/h6-7H,4-5,8H2,1-3H3. The number of hydrogen-bond donors (Lipinski definition) is 0. The highest BCUT2D eigenvalue weighted by Gasteiger charge is 1.98. The maximum absolute atomic E-state index is 4.31. The Hall–Kier alpha value is -0.500. The molecule has 0 saturated carbocycles. The molecule has 0 N–H and O–H groups in total.